The monoisotopic (exact) mass is 234 g/mol. The van der Waals surface area contributed by atoms with E-state index >= 15 is 0 Å². The van der Waals surface area contributed by atoms with Crippen molar-refractivity contribution in [3.05, 3.63) is 35.9 Å². The molecule has 0 aliphatic heterocycles. The molecule has 17 heavy (non-hydrogen) atoms. The van der Waals surface area contributed by atoms with Gasteiger partial charge in [0.1, 0.15) is 5.60 Å². The van der Waals surface area contributed by atoms with E-state index < -0.39 is 5.60 Å². The molecule has 2 heteroatoms. The minimum atomic E-state index is -0.413. The van der Waals surface area contributed by atoms with Gasteiger partial charge in [-0.25, -0.2) is 0 Å². The first-order valence-electron chi connectivity index (χ1n) is 5.98. The van der Waals surface area contributed by atoms with Crippen LogP contribution in [0.1, 0.15) is 46.6 Å². The van der Waals surface area contributed by atoms with E-state index in [1.165, 1.54) is 0 Å². The molecule has 1 aromatic carbocycles. The van der Waals surface area contributed by atoms with Crippen molar-refractivity contribution in [3.63, 3.8) is 0 Å². The molecule has 1 rings (SSSR count). The van der Waals surface area contributed by atoms with Crippen molar-refractivity contribution in [1.82, 2.24) is 0 Å². The molecule has 1 aromatic rings. The van der Waals surface area contributed by atoms with Gasteiger partial charge in [0.25, 0.3) is 0 Å². The zero-order valence-electron chi connectivity index (χ0n) is 11.4. The van der Waals surface area contributed by atoms with E-state index in [1.807, 2.05) is 51.1 Å². The van der Waals surface area contributed by atoms with Crippen molar-refractivity contribution < 1.29 is 9.53 Å². The van der Waals surface area contributed by atoms with E-state index in [0.717, 1.165) is 5.56 Å². The maximum atomic E-state index is 11.8. The van der Waals surface area contributed by atoms with Crippen LogP contribution in [0.3, 0.4) is 0 Å². The molecule has 0 radical (unpaired) electrons. The maximum absolute atomic E-state index is 11.8. The van der Waals surface area contributed by atoms with Gasteiger partial charge in [0.2, 0.25) is 0 Å². The van der Waals surface area contributed by atoms with Crippen molar-refractivity contribution in [2.45, 2.75) is 52.1 Å². The minimum absolute atomic E-state index is 0.147. The van der Waals surface area contributed by atoms with E-state index in [2.05, 4.69) is 13.8 Å². The van der Waals surface area contributed by atoms with Crippen LogP contribution >= 0.6 is 0 Å². The smallest absolute Gasteiger partial charge is 0.307 e. The lowest BCUT2D eigenvalue weighted by Gasteiger charge is -2.27. The molecule has 2 nitrogen and oxygen atoms in total. The van der Waals surface area contributed by atoms with E-state index in [9.17, 15) is 4.79 Å². The highest BCUT2D eigenvalue weighted by Gasteiger charge is 2.27. The number of ether oxygens (including phenoxy) is 1. The maximum Gasteiger partial charge on any atom is 0.307 e. The number of carbonyl (C=O) groups is 1. The molecule has 0 amide bonds. The van der Waals surface area contributed by atoms with E-state index in [1.54, 1.807) is 0 Å². The van der Waals surface area contributed by atoms with Crippen LogP contribution in [0, 0.1) is 0 Å². The summed E-state index contributed by atoms with van der Waals surface area (Å²) in [5, 5.41) is 0. The SMILES string of the molecule is CC(C)(C)OC(=O)CC(C)(C)c1ccccc1. The molecular weight excluding hydrogens is 212 g/mol. The van der Waals surface area contributed by atoms with Gasteiger partial charge in [-0.15, -0.1) is 0 Å². The second-order valence-electron chi connectivity index (χ2n) is 6.01. The molecule has 0 spiro atoms. The second-order valence-corrected chi connectivity index (χ2v) is 6.01. The van der Waals surface area contributed by atoms with Gasteiger partial charge in [0, 0.05) is 5.41 Å². The third-order valence-electron chi connectivity index (χ3n) is 2.56. The van der Waals surface area contributed by atoms with Crippen LogP contribution in [-0.4, -0.2) is 11.6 Å². The predicted octanol–water partition coefficient (Wildman–Crippen LogP) is 3.70. The average Bonchev–Trinajstić information content (AvgIpc) is 2.15. The van der Waals surface area contributed by atoms with Gasteiger partial charge >= 0.3 is 5.97 Å². The summed E-state index contributed by atoms with van der Waals surface area (Å²) in [7, 11) is 0. The van der Waals surface area contributed by atoms with E-state index in [0.29, 0.717) is 6.42 Å². The molecule has 0 heterocycles. The summed E-state index contributed by atoms with van der Waals surface area (Å²) in [6, 6.07) is 10.1. The number of hydrogen-bond acceptors (Lipinski definition) is 2. The molecule has 0 saturated heterocycles. The number of rotatable bonds is 3. The summed E-state index contributed by atoms with van der Waals surface area (Å²) in [6.07, 6.45) is 0.397. The number of hydrogen-bond donors (Lipinski definition) is 0. The van der Waals surface area contributed by atoms with E-state index in [4.69, 9.17) is 4.74 Å². The van der Waals surface area contributed by atoms with Crippen molar-refractivity contribution in [1.29, 1.82) is 0 Å². The lowest BCUT2D eigenvalue weighted by atomic mass is 9.81. The Bertz CT molecular complexity index is 372. The minimum Gasteiger partial charge on any atom is -0.460 e. The van der Waals surface area contributed by atoms with Crippen LogP contribution in [0.25, 0.3) is 0 Å². The Morgan fingerprint density at radius 3 is 2.06 bits per heavy atom. The Labute approximate surface area is 104 Å². The van der Waals surface area contributed by atoms with E-state index in [-0.39, 0.29) is 11.4 Å². The lowest BCUT2D eigenvalue weighted by Crippen LogP contribution is -2.29. The Kier molecular flexibility index (Phi) is 3.97. The highest BCUT2D eigenvalue weighted by molar-refractivity contribution is 5.71. The molecule has 0 aromatic heterocycles. The van der Waals surface area contributed by atoms with Crippen molar-refractivity contribution in [2.24, 2.45) is 0 Å². The molecule has 0 fully saturated rings. The normalized spacial score (nSPS) is 12.3. The summed E-state index contributed by atoms with van der Waals surface area (Å²) in [4.78, 5) is 11.8. The fourth-order valence-electron chi connectivity index (χ4n) is 1.73. The molecule has 0 aliphatic carbocycles. The largest absolute Gasteiger partial charge is 0.460 e. The number of carbonyl (C=O) groups excluding carboxylic acids is 1. The Morgan fingerprint density at radius 1 is 1.06 bits per heavy atom. The van der Waals surface area contributed by atoms with Crippen LogP contribution in [-0.2, 0) is 14.9 Å². The lowest BCUT2D eigenvalue weighted by molar-refractivity contribution is -0.156. The standard InChI is InChI=1S/C15H22O2/c1-14(2,3)17-13(16)11-15(4,5)12-9-7-6-8-10-12/h6-10H,11H2,1-5H3. The highest BCUT2D eigenvalue weighted by Crippen LogP contribution is 2.27. The summed E-state index contributed by atoms with van der Waals surface area (Å²) in [6.45, 7) is 9.79. The third-order valence-corrected chi connectivity index (χ3v) is 2.56. The Hall–Kier alpha value is -1.31. The van der Waals surface area contributed by atoms with Gasteiger partial charge in [-0.3, -0.25) is 4.79 Å². The summed E-state index contributed by atoms with van der Waals surface area (Å²) in [5.74, 6) is -0.147. The molecule has 0 unspecified atom stereocenters. The predicted molar refractivity (Wildman–Crippen MR) is 69.9 cm³/mol. The topological polar surface area (TPSA) is 26.3 Å². The zero-order chi connectivity index (χ0) is 13.1. The van der Waals surface area contributed by atoms with Gasteiger partial charge in [0.05, 0.1) is 6.42 Å². The summed E-state index contributed by atoms with van der Waals surface area (Å²) < 4.78 is 5.36. The number of esters is 1. The molecule has 0 N–H and O–H groups in total. The van der Waals surface area contributed by atoms with Gasteiger partial charge < -0.3 is 4.74 Å². The molecule has 94 valence electrons. The third kappa shape index (κ3) is 4.59. The highest BCUT2D eigenvalue weighted by atomic mass is 16.6. The molecular formula is C15H22O2. The molecule has 0 bridgehead atoms. The van der Waals surface area contributed by atoms with Crippen LogP contribution in [0.5, 0.6) is 0 Å². The Balaban J connectivity index is 2.71. The van der Waals surface area contributed by atoms with Crippen molar-refractivity contribution >= 4 is 5.97 Å². The van der Waals surface area contributed by atoms with Gasteiger partial charge in [-0.05, 0) is 26.3 Å². The van der Waals surface area contributed by atoms with Crippen molar-refractivity contribution in [3.8, 4) is 0 Å². The van der Waals surface area contributed by atoms with Crippen molar-refractivity contribution in [2.75, 3.05) is 0 Å². The summed E-state index contributed by atoms with van der Waals surface area (Å²) in [5.41, 5.74) is 0.554. The van der Waals surface area contributed by atoms with Crippen LogP contribution in [0.15, 0.2) is 30.3 Å². The summed E-state index contributed by atoms with van der Waals surface area (Å²) >= 11 is 0. The molecule has 0 saturated carbocycles. The van der Waals surface area contributed by atoms with Gasteiger partial charge in [0.15, 0.2) is 0 Å². The van der Waals surface area contributed by atoms with Gasteiger partial charge in [-0.2, -0.15) is 0 Å². The Morgan fingerprint density at radius 2 is 1.59 bits per heavy atom. The first kappa shape index (κ1) is 13.8. The van der Waals surface area contributed by atoms with Crippen LogP contribution in [0.4, 0.5) is 0 Å². The molecule has 0 aliphatic rings. The first-order valence-corrected chi connectivity index (χ1v) is 5.98. The zero-order valence-corrected chi connectivity index (χ0v) is 11.4. The first-order chi connectivity index (χ1) is 7.71. The quantitative estimate of drug-likeness (QED) is 0.745. The second kappa shape index (κ2) is 4.91. The number of benzene rings is 1. The van der Waals surface area contributed by atoms with Gasteiger partial charge in [-0.1, -0.05) is 44.2 Å². The average molecular weight is 234 g/mol. The van der Waals surface area contributed by atoms with Crippen LogP contribution < -0.4 is 0 Å². The molecule has 0 atom stereocenters. The van der Waals surface area contributed by atoms with Crippen LogP contribution in [0.2, 0.25) is 0 Å². The fraction of sp³-hybridized carbons (Fsp3) is 0.533. The fourth-order valence-corrected chi connectivity index (χ4v) is 1.73.